The molecule has 0 saturated heterocycles. The normalized spacial score (nSPS) is 18.2. The topological polar surface area (TPSA) is 9.23 Å². The molecule has 21 heavy (non-hydrogen) atoms. The van der Waals surface area contributed by atoms with Gasteiger partial charge in [-0.25, -0.2) is 8.78 Å². The Labute approximate surface area is 131 Å². The maximum atomic E-state index is 13.2. The number of ether oxygens (including phenoxy) is 1. The molecule has 2 aromatic rings. The average Bonchev–Trinajstić information content (AvgIpc) is 2.82. The molecule has 1 heterocycles. The minimum absolute atomic E-state index is 0.0589. The Morgan fingerprint density at radius 1 is 1.19 bits per heavy atom. The highest BCUT2D eigenvalue weighted by atomic mass is 79.9. The van der Waals surface area contributed by atoms with Crippen molar-refractivity contribution in [1.82, 2.24) is 0 Å². The van der Waals surface area contributed by atoms with Gasteiger partial charge in [0.15, 0.2) is 11.6 Å². The van der Waals surface area contributed by atoms with Gasteiger partial charge in [0.1, 0.15) is 11.9 Å². The minimum Gasteiger partial charge on any atom is -0.490 e. The Morgan fingerprint density at radius 2 is 2.00 bits per heavy atom. The van der Waals surface area contributed by atoms with E-state index in [4.69, 9.17) is 4.74 Å². The molecule has 0 spiro atoms. The van der Waals surface area contributed by atoms with Gasteiger partial charge in [-0.1, -0.05) is 34.1 Å². The van der Waals surface area contributed by atoms with Gasteiger partial charge in [-0.2, -0.15) is 0 Å². The van der Waals surface area contributed by atoms with E-state index in [1.54, 1.807) is 6.07 Å². The van der Waals surface area contributed by atoms with Crippen LogP contribution >= 0.6 is 15.9 Å². The molecule has 0 bridgehead atoms. The highest BCUT2D eigenvalue weighted by Crippen LogP contribution is 2.34. The van der Waals surface area contributed by atoms with Gasteiger partial charge in [-0.15, -0.1) is 0 Å². The van der Waals surface area contributed by atoms with E-state index in [1.165, 1.54) is 17.7 Å². The third kappa shape index (κ3) is 3.10. The number of hydrogen-bond donors (Lipinski definition) is 0. The second kappa shape index (κ2) is 5.76. The Balaban J connectivity index is 1.78. The first kappa shape index (κ1) is 14.5. The molecule has 2 atom stereocenters. The summed E-state index contributed by atoms with van der Waals surface area (Å²) in [7, 11) is 0. The summed E-state index contributed by atoms with van der Waals surface area (Å²) in [5.41, 5.74) is 3.09. The monoisotopic (exact) mass is 352 g/mol. The fourth-order valence-electron chi connectivity index (χ4n) is 2.63. The van der Waals surface area contributed by atoms with Gasteiger partial charge in [0, 0.05) is 11.2 Å². The average molecular weight is 353 g/mol. The van der Waals surface area contributed by atoms with Crippen molar-refractivity contribution in [3.63, 3.8) is 0 Å². The van der Waals surface area contributed by atoms with E-state index in [9.17, 15) is 8.78 Å². The largest absolute Gasteiger partial charge is 0.490 e. The van der Waals surface area contributed by atoms with E-state index >= 15 is 0 Å². The molecule has 3 rings (SSSR count). The van der Waals surface area contributed by atoms with Gasteiger partial charge in [-0.3, -0.25) is 0 Å². The molecule has 0 radical (unpaired) electrons. The van der Waals surface area contributed by atoms with Crippen LogP contribution in [0.2, 0.25) is 0 Å². The summed E-state index contributed by atoms with van der Waals surface area (Å²) < 4.78 is 31.9. The van der Waals surface area contributed by atoms with Crippen molar-refractivity contribution in [2.75, 3.05) is 0 Å². The molecule has 4 heteroatoms. The first-order chi connectivity index (χ1) is 10.0. The van der Waals surface area contributed by atoms with Crippen LogP contribution in [0.4, 0.5) is 8.78 Å². The summed E-state index contributed by atoms with van der Waals surface area (Å²) in [5, 5.41) is 0. The molecule has 1 aliphatic heterocycles. The van der Waals surface area contributed by atoms with Crippen LogP contribution in [0.1, 0.15) is 28.4 Å². The van der Waals surface area contributed by atoms with E-state index in [1.807, 2.05) is 19.1 Å². The quantitative estimate of drug-likeness (QED) is 0.708. The smallest absolute Gasteiger partial charge is 0.159 e. The number of rotatable bonds is 3. The van der Waals surface area contributed by atoms with Gasteiger partial charge < -0.3 is 4.74 Å². The van der Waals surface area contributed by atoms with Crippen LogP contribution in [0.15, 0.2) is 36.4 Å². The molecule has 0 aromatic heterocycles. The highest BCUT2D eigenvalue weighted by Gasteiger charge is 2.20. The first-order valence-corrected chi connectivity index (χ1v) is 7.82. The van der Waals surface area contributed by atoms with E-state index in [0.717, 1.165) is 23.3 Å². The van der Waals surface area contributed by atoms with Crippen LogP contribution in [0, 0.1) is 11.6 Å². The fraction of sp³-hybridized carbons (Fsp3) is 0.294. The summed E-state index contributed by atoms with van der Waals surface area (Å²) in [6, 6.07) is 10.2. The SMILES string of the molecule is CC1Cc2cc(C(Br)Cc3ccc(F)c(F)c3)ccc2O1. The van der Waals surface area contributed by atoms with Crippen LogP contribution in [-0.2, 0) is 12.8 Å². The molecule has 0 fully saturated rings. The number of benzene rings is 2. The second-order valence-electron chi connectivity index (χ2n) is 5.42. The van der Waals surface area contributed by atoms with E-state index in [-0.39, 0.29) is 10.9 Å². The molecule has 2 unspecified atom stereocenters. The standard InChI is InChI=1S/C17H15BrF2O/c1-10-6-13-9-12(3-5-17(13)21-10)14(18)7-11-2-4-15(19)16(20)8-11/h2-5,8-10,14H,6-7H2,1H3. The van der Waals surface area contributed by atoms with E-state index in [2.05, 4.69) is 22.0 Å². The van der Waals surface area contributed by atoms with Crippen molar-refractivity contribution >= 4 is 15.9 Å². The van der Waals surface area contributed by atoms with Gasteiger partial charge in [0.05, 0.1) is 0 Å². The zero-order chi connectivity index (χ0) is 15.0. The van der Waals surface area contributed by atoms with Crippen molar-refractivity contribution in [3.8, 4) is 5.75 Å². The minimum atomic E-state index is -0.812. The molecule has 2 aromatic carbocycles. The Hall–Kier alpha value is -1.42. The van der Waals surface area contributed by atoms with Crippen molar-refractivity contribution < 1.29 is 13.5 Å². The van der Waals surface area contributed by atoms with Gasteiger partial charge in [-0.05, 0) is 48.2 Å². The number of halogens is 3. The molecular weight excluding hydrogens is 338 g/mol. The van der Waals surface area contributed by atoms with Crippen molar-refractivity contribution in [3.05, 3.63) is 64.7 Å². The molecular formula is C17H15BrF2O. The molecule has 0 saturated carbocycles. The van der Waals surface area contributed by atoms with Crippen LogP contribution < -0.4 is 4.74 Å². The van der Waals surface area contributed by atoms with Gasteiger partial charge >= 0.3 is 0 Å². The molecule has 1 nitrogen and oxygen atoms in total. The first-order valence-electron chi connectivity index (χ1n) is 6.90. The fourth-order valence-corrected chi connectivity index (χ4v) is 3.29. The molecule has 1 aliphatic rings. The van der Waals surface area contributed by atoms with Crippen LogP contribution in [0.25, 0.3) is 0 Å². The molecule has 0 amide bonds. The molecule has 110 valence electrons. The van der Waals surface area contributed by atoms with Gasteiger partial charge in [0.25, 0.3) is 0 Å². The number of fused-ring (bicyclic) bond motifs is 1. The Morgan fingerprint density at radius 3 is 2.76 bits per heavy atom. The summed E-state index contributed by atoms with van der Waals surface area (Å²) in [6.07, 6.45) is 1.73. The Bertz CT molecular complexity index is 672. The zero-order valence-electron chi connectivity index (χ0n) is 11.6. The van der Waals surface area contributed by atoms with Gasteiger partial charge in [0.2, 0.25) is 0 Å². The predicted octanol–water partition coefficient (Wildman–Crippen LogP) is 4.97. The van der Waals surface area contributed by atoms with E-state index in [0.29, 0.717) is 6.42 Å². The van der Waals surface area contributed by atoms with E-state index < -0.39 is 11.6 Å². The molecule has 0 N–H and O–H groups in total. The summed E-state index contributed by atoms with van der Waals surface area (Å²) in [6.45, 7) is 2.05. The summed E-state index contributed by atoms with van der Waals surface area (Å²) in [4.78, 5) is 0.0589. The third-order valence-corrected chi connectivity index (χ3v) is 4.53. The lowest BCUT2D eigenvalue weighted by molar-refractivity contribution is 0.254. The number of alkyl halides is 1. The lowest BCUT2D eigenvalue weighted by atomic mass is 10.0. The van der Waals surface area contributed by atoms with Crippen LogP contribution in [-0.4, -0.2) is 6.10 Å². The molecule has 0 aliphatic carbocycles. The van der Waals surface area contributed by atoms with Crippen LogP contribution in [0.5, 0.6) is 5.75 Å². The van der Waals surface area contributed by atoms with Crippen LogP contribution in [0.3, 0.4) is 0 Å². The zero-order valence-corrected chi connectivity index (χ0v) is 13.2. The lowest BCUT2D eigenvalue weighted by Crippen LogP contribution is -2.05. The number of hydrogen-bond acceptors (Lipinski definition) is 1. The maximum absolute atomic E-state index is 13.2. The maximum Gasteiger partial charge on any atom is 0.159 e. The summed E-state index contributed by atoms with van der Waals surface area (Å²) >= 11 is 3.63. The highest BCUT2D eigenvalue weighted by molar-refractivity contribution is 9.09. The van der Waals surface area contributed by atoms with Crippen molar-refractivity contribution in [2.45, 2.75) is 30.7 Å². The lowest BCUT2D eigenvalue weighted by Gasteiger charge is -2.12. The third-order valence-electron chi connectivity index (χ3n) is 3.68. The van der Waals surface area contributed by atoms with Crippen molar-refractivity contribution in [1.29, 1.82) is 0 Å². The van der Waals surface area contributed by atoms with Crippen molar-refractivity contribution in [2.24, 2.45) is 0 Å². The Kier molecular flexibility index (Phi) is 3.98. The summed E-state index contributed by atoms with van der Waals surface area (Å²) in [5.74, 6) is -0.671. The second-order valence-corrected chi connectivity index (χ2v) is 6.53. The predicted molar refractivity (Wildman–Crippen MR) is 82.0 cm³/mol.